The largest absolute Gasteiger partial charge is 0.480 e. The fourth-order valence-corrected chi connectivity index (χ4v) is 3.81. The minimum atomic E-state index is -0.973. The first kappa shape index (κ1) is 17.5. The Labute approximate surface area is 129 Å². The second kappa shape index (κ2) is 9.39. The van der Waals surface area contributed by atoms with Crippen LogP contribution >= 0.6 is 23.5 Å². The maximum absolute atomic E-state index is 11.9. The van der Waals surface area contributed by atoms with Gasteiger partial charge in [0.05, 0.1) is 0 Å². The first-order valence-electron chi connectivity index (χ1n) is 6.90. The topological polar surface area (TPSA) is 78.4 Å². The Hall–Kier alpha value is -0.560. The van der Waals surface area contributed by atoms with E-state index in [1.807, 2.05) is 6.26 Å². The van der Waals surface area contributed by atoms with Gasteiger partial charge < -0.3 is 15.7 Å². The SMILES string of the molecule is CSCC[C@@H](NC(=O)NC1CCCCC1SC)C(=O)O. The highest BCUT2D eigenvalue weighted by atomic mass is 32.2. The molecule has 0 heterocycles. The molecule has 2 unspecified atom stereocenters. The fraction of sp³-hybridized carbons (Fsp3) is 0.846. The normalized spacial score (nSPS) is 23.9. The summed E-state index contributed by atoms with van der Waals surface area (Å²) in [4.78, 5) is 23.0. The number of carbonyl (C=O) groups excluding carboxylic acids is 1. The molecule has 0 aromatic heterocycles. The van der Waals surface area contributed by atoms with Crippen LogP contribution in [0, 0.1) is 0 Å². The van der Waals surface area contributed by atoms with Gasteiger partial charge in [-0.25, -0.2) is 9.59 Å². The number of hydrogen-bond donors (Lipinski definition) is 3. The molecule has 0 saturated heterocycles. The van der Waals surface area contributed by atoms with Crippen molar-refractivity contribution in [3.05, 3.63) is 0 Å². The number of thioether (sulfide) groups is 2. The number of nitrogens with one attached hydrogen (secondary N) is 2. The molecule has 1 fully saturated rings. The van der Waals surface area contributed by atoms with Crippen molar-refractivity contribution in [1.82, 2.24) is 10.6 Å². The molecular weight excluding hydrogens is 296 g/mol. The summed E-state index contributed by atoms with van der Waals surface area (Å²) in [5, 5.41) is 15.0. The molecule has 0 bridgehead atoms. The molecule has 0 radical (unpaired) electrons. The predicted molar refractivity (Wildman–Crippen MR) is 85.6 cm³/mol. The second-order valence-electron chi connectivity index (χ2n) is 4.96. The Morgan fingerprint density at radius 1 is 1.30 bits per heavy atom. The van der Waals surface area contributed by atoms with Gasteiger partial charge in [-0.05, 0) is 37.5 Å². The highest BCUT2D eigenvalue weighted by Crippen LogP contribution is 2.27. The second-order valence-corrected chi connectivity index (χ2v) is 7.02. The van der Waals surface area contributed by atoms with Crippen molar-refractivity contribution in [2.24, 2.45) is 0 Å². The van der Waals surface area contributed by atoms with E-state index in [2.05, 4.69) is 16.9 Å². The highest BCUT2D eigenvalue weighted by molar-refractivity contribution is 7.99. The molecule has 116 valence electrons. The van der Waals surface area contributed by atoms with E-state index in [-0.39, 0.29) is 12.1 Å². The summed E-state index contributed by atoms with van der Waals surface area (Å²) in [6, 6.07) is -1.02. The number of aliphatic carboxylic acids is 1. The van der Waals surface area contributed by atoms with Crippen molar-refractivity contribution in [3.63, 3.8) is 0 Å². The Kier molecular flexibility index (Phi) is 8.21. The molecule has 7 heteroatoms. The molecule has 3 atom stereocenters. The molecule has 3 N–H and O–H groups in total. The minimum Gasteiger partial charge on any atom is -0.480 e. The lowest BCUT2D eigenvalue weighted by molar-refractivity contribution is -0.139. The molecule has 20 heavy (non-hydrogen) atoms. The van der Waals surface area contributed by atoms with Crippen molar-refractivity contribution in [3.8, 4) is 0 Å². The zero-order valence-corrected chi connectivity index (χ0v) is 13.7. The van der Waals surface area contributed by atoms with E-state index in [0.29, 0.717) is 17.4 Å². The molecule has 0 aromatic rings. The smallest absolute Gasteiger partial charge is 0.326 e. The van der Waals surface area contributed by atoms with Gasteiger partial charge in [0.25, 0.3) is 0 Å². The Balaban J connectivity index is 2.45. The van der Waals surface area contributed by atoms with E-state index >= 15 is 0 Å². The highest BCUT2D eigenvalue weighted by Gasteiger charge is 2.27. The van der Waals surface area contributed by atoms with E-state index in [0.717, 1.165) is 19.3 Å². The van der Waals surface area contributed by atoms with Crippen molar-refractivity contribution in [2.75, 3.05) is 18.3 Å². The third-order valence-corrected chi connectivity index (χ3v) is 5.35. The van der Waals surface area contributed by atoms with Gasteiger partial charge in [0, 0.05) is 11.3 Å². The Bertz CT molecular complexity index is 329. The lowest BCUT2D eigenvalue weighted by Gasteiger charge is -2.31. The van der Waals surface area contributed by atoms with E-state index in [1.54, 1.807) is 23.5 Å². The molecule has 5 nitrogen and oxygen atoms in total. The van der Waals surface area contributed by atoms with Gasteiger partial charge in [-0.2, -0.15) is 23.5 Å². The van der Waals surface area contributed by atoms with Crippen LogP contribution in [0.3, 0.4) is 0 Å². The average Bonchev–Trinajstić information content (AvgIpc) is 2.43. The first-order chi connectivity index (χ1) is 9.58. The lowest BCUT2D eigenvalue weighted by atomic mass is 9.95. The third kappa shape index (κ3) is 5.83. The van der Waals surface area contributed by atoms with Crippen LogP contribution in [-0.2, 0) is 4.79 Å². The number of carbonyl (C=O) groups is 2. The van der Waals surface area contributed by atoms with Gasteiger partial charge in [0.1, 0.15) is 6.04 Å². The summed E-state index contributed by atoms with van der Waals surface area (Å²) >= 11 is 3.35. The molecule has 0 aliphatic heterocycles. The van der Waals surface area contributed by atoms with Crippen LogP contribution in [0.25, 0.3) is 0 Å². The van der Waals surface area contributed by atoms with Crippen LogP contribution in [0.1, 0.15) is 32.1 Å². The van der Waals surface area contributed by atoms with Crippen molar-refractivity contribution in [1.29, 1.82) is 0 Å². The van der Waals surface area contributed by atoms with Crippen LogP contribution < -0.4 is 10.6 Å². The molecule has 2 amide bonds. The molecule has 0 spiro atoms. The molecule has 1 aliphatic carbocycles. The first-order valence-corrected chi connectivity index (χ1v) is 9.58. The summed E-state index contributed by atoms with van der Waals surface area (Å²) in [7, 11) is 0. The number of hydrogen-bond acceptors (Lipinski definition) is 4. The summed E-state index contributed by atoms with van der Waals surface area (Å²) in [5.41, 5.74) is 0. The number of carboxylic acid groups (broad SMARTS) is 1. The third-order valence-electron chi connectivity index (χ3n) is 3.54. The van der Waals surface area contributed by atoms with Crippen LogP contribution in [0.5, 0.6) is 0 Å². The minimum absolute atomic E-state index is 0.147. The zero-order chi connectivity index (χ0) is 15.0. The Morgan fingerprint density at radius 2 is 2.00 bits per heavy atom. The number of amides is 2. The standard InChI is InChI=1S/C13H24N2O3S2/c1-19-8-7-10(12(16)17)15-13(18)14-9-5-3-4-6-11(9)20-2/h9-11H,3-8H2,1-2H3,(H,16,17)(H2,14,15,18)/t9?,10-,11?/m1/s1. The van der Waals surface area contributed by atoms with Crippen molar-refractivity contribution >= 4 is 35.5 Å². The van der Waals surface area contributed by atoms with Gasteiger partial charge in [-0.15, -0.1) is 0 Å². The van der Waals surface area contributed by atoms with Gasteiger partial charge in [-0.3, -0.25) is 0 Å². The van der Waals surface area contributed by atoms with Crippen LogP contribution in [0.2, 0.25) is 0 Å². The van der Waals surface area contributed by atoms with Gasteiger partial charge in [0.15, 0.2) is 0 Å². The lowest BCUT2D eigenvalue weighted by Crippen LogP contribution is -2.52. The number of rotatable bonds is 7. The van der Waals surface area contributed by atoms with E-state index < -0.39 is 12.0 Å². The van der Waals surface area contributed by atoms with Crippen LogP contribution in [-0.4, -0.2) is 52.7 Å². The Morgan fingerprint density at radius 3 is 2.60 bits per heavy atom. The van der Waals surface area contributed by atoms with E-state index in [9.17, 15) is 9.59 Å². The van der Waals surface area contributed by atoms with Crippen molar-refractivity contribution < 1.29 is 14.7 Å². The van der Waals surface area contributed by atoms with E-state index in [1.165, 1.54) is 6.42 Å². The number of urea groups is 1. The monoisotopic (exact) mass is 320 g/mol. The number of carboxylic acids is 1. The molecular formula is C13H24N2O3S2. The summed E-state index contributed by atoms with van der Waals surface area (Å²) in [6.45, 7) is 0. The summed E-state index contributed by atoms with van der Waals surface area (Å²) < 4.78 is 0. The zero-order valence-electron chi connectivity index (χ0n) is 12.1. The molecule has 0 aromatic carbocycles. The van der Waals surface area contributed by atoms with Crippen molar-refractivity contribution in [2.45, 2.75) is 49.4 Å². The summed E-state index contributed by atoms with van der Waals surface area (Å²) in [6.07, 6.45) is 8.84. The van der Waals surface area contributed by atoms with Gasteiger partial charge in [-0.1, -0.05) is 12.8 Å². The summed E-state index contributed by atoms with van der Waals surface area (Å²) in [5.74, 6) is -0.257. The predicted octanol–water partition coefficient (Wildman–Crippen LogP) is 2.17. The van der Waals surface area contributed by atoms with Crippen LogP contribution in [0.15, 0.2) is 0 Å². The maximum Gasteiger partial charge on any atom is 0.326 e. The average molecular weight is 320 g/mol. The van der Waals surface area contributed by atoms with E-state index in [4.69, 9.17) is 5.11 Å². The molecule has 1 rings (SSSR count). The fourth-order valence-electron chi connectivity index (χ4n) is 2.41. The maximum atomic E-state index is 11.9. The molecule has 1 aliphatic rings. The molecule has 1 saturated carbocycles. The van der Waals surface area contributed by atoms with Gasteiger partial charge in [0.2, 0.25) is 0 Å². The quantitative estimate of drug-likeness (QED) is 0.670. The van der Waals surface area contributed by atoms with Gasteiger partial charge >= 0.3 is 12.0 Å². The van der Waals surface area contributed by atoms with Crippen LogP contribution in [0.4, 0.5) is 4.79 Å².